The van der Waals surface area contributed by atoms with Gasteiger partial charge in [0.25, 0.3) is 0 Å². The van der Waals surface area contributed by atoms with Crippen molar-refractivity contribution in [3.63, 3.8) is 0 Å². The molecular formula is C28H32O2. The maximum Gasteiger partial charge on any atom is 0.119 e. The van der Waals surface area contributed by atoms with Crippen LogP contribution in [0.5, 0.6) is 11.5 Å². The van der Waals surface area contributed by atoms with Gasteiger partial charge in [-0.15, -0.1) is 0 Å². The average Bonchev–Trinajstić information content (AvgIpc) is 2.79. The Kier molecular flexibility index (Phi) is 8.66. The summed E-state index contributed by atoms with van der Waals surface area (Å²) < 4.78 is 11.5. The van der Waals surface area contributed by atoms with Gasteiger partial charge in [-0.3, -0.25) is 0 Å². The van der Waals surface area contributed by atoms with Crippen molar-refractivity contribution >= 4 is 10.8 Å². The van der Waals surface area contributed by atoms with Crippen LogP contribution in [0.25, 0.3) is 10.8 Å². The van der Waals surface area contributed by atoms with E-state index in [0.29, 0.717) is 0 Å². The number of unbranched alkanes of at least 4 members (excludes halogenated alkanes) is 4. The largest absolute Gasteiger partial charge is 0.494 e. The second-order valence-electron chi connectivity index (χ2n) is 7.61. The van der Waals surface area contributed by atoms with Crippen molar-refractivity contribution in [3.05, 3.63) is 71.8 Å². The molecule has 0 aliphatic carbocycles. The van der Waals surface area contributed by atoms with E-state index >= 15 is 0 Å². The van der Waals surface area contributed by atoms with Gasteiger partial charge in [0.2, 0.25) is 0 Å². The van der Waals surface area contributed by atoms with Gasteiger partial charge < -0.3 is 9.47 Å². The number of hydrogen-bond donors (Lipinski definition) is 0. The lowest BCUT2D eigenvalue weighted by atomic mass is 10.1. The van der Waals surface area contributed by atoms with Crippen LogP contribution in [-0.4, -0.2) is 13.2 Å². The second-order valence-corrected chi connectivity index (χ2v) is 7.61. The summed E-state index contributed by atoms with van der Waals surface area (Å²) in [5.74, 6) is 8.37. The molecule has 0 aliphatic heterocycles. The number of hydrogen-bond acceptors (Lipinski definition) is 2. The molecule has 0 spiro atoms. The summed E-state index contributed by atoms with van der Waals surface area (Å²) in [5, 5.41) is 2.35. The molecule has 156 valence electrons. The van der Waals surface area contributed by atoms with Crippen molar-refractivity contribution in [1.82, 2.24) is 0 Å². The molecule has 0 amide bonds. The van der Waals surface area contributed by atoms with Gasteiger partial charge in [0.1, 0.15) is 11.5 Å². The van der Waals surface area contributed by atoms with Gasteiger partial charge in [-0.25, -0.2) is 0 Å². The standard InChI is InChI=1S/C28H32O2/c1-3-5-6-7-8-20-30-27-16-12-23(13-17-27)9-10-24-11-14-26-22-28(29-19-4-2)18-15-25(26)21-24/h11-18,21-22H,3-8,19-20H2,1-2H3. The molecule has 0 atom stereocenters. The number of ether oxygens (including phenoxy) is 2. The van der Waals surface area contributed by atoms with Gasteiger partial charge in [-0.05, 0) is 72.1 Å². The lowest BCUT2D eigenvalue weighted by Gasteiger charge is -2.06. The van der Waals surface area contributed by atoms with Gasteiger partial charge in [0, 0.05) is 11.1 Å². The van der Waals surface area contributed by atoms with Crippen molar-refractivity contribution in [2.24, 2.45) is 0 Å². The minimum absolute atomic E-state index is 0.748. The predicted molar refractivity (Wildman–Crippen MR) is 126 cm³/mol. The Bertz CT molecular complexity index is 977. The molecule has 0 N–H and O–H groups in total. The summed E-state index contributed by atoms with van der Waals surface area (Å²) in [4.78, 5) is 0. The van der Waals surface area contributed by atoms with E-state index in [4.69, 9.17) is 9.47 Å². The summed E-state index contributed by atoms with van der Waals surface area (Å²) in [6.07, 6.45) is 7.28. The normalized spacial score (nSPS) is 10.5. The lowest BCUT2D eigenvalue weighted by Crippen LogP contribution is -1.97. The summed E-state index contributed by atoms with van der Waals surface area (Å²) in [6.45, 7) is 5.89. The molecule has 0 aromatic heterocycles. The van der Waals surface area contributed by atoms with Crippen molar-refractivity contribution in [2.45, 2.75) is 52.4 Å². The van der Waals surface area contributed by atoms with Gasteiger partial charge in [0.05, 0.1) is 13.2 Å². The maximum atomic E-state index is 5.83. The molecule has 3 aromatic carbocycles. The minimum Gasteiger partial charge on any atom is -0.494 e. The fourth-order valence-corrected chi connectivity index (χ4v) is 3.29. The van der Waals surface area contributed by atoms with Crippen LogP contribution in [0.1, 0.15) is 63.5 Å². The molecule has 2 nitrogen and oxygen atoms in total. The van der Waals surface area contributed by atoms with E-state index in [0.717, 1.165) is 48.7 Å². The van der Waals surface area contributed by atoms with Crippen LogP contribution in [0.3, 0.4) is 0 Å². The fourth-order valence-electron chi connectivity index (χ4n) is 3.29. The number of rotatable bonds is 10. The molecular weight excluding hydrogens is 368 g/mol. The third-order valence-corrected chi connectivity index (χ3v) is 5.01. The summed E-state index contributed by atoms with van der Waals surface area (Å²) in [5.41, 5.74) is 2.01. The Morgan fingerprint density at radius 1 is 0.567 bits per heavy atom. The van der Waals surface area contributed by atoms with E-state index in [9.17, 15) is 0 Å². The van der Waals surface area contributed by atoms with Crippen molar-refractivity contribution in [1.29, 1.82) is 0 Å². The molecule has 30 heavy (non-hydrogen) atoms. The highest BCUT2D eigenvalue weighted by Gasteiger charge is 1.99. The topological polar surface area (TPSA) is 18.5 Å². The van der Waals surface area contributed by atoms with E-state index in [2.05, 4.69) is 56.0 Å². The molecule has 0 radical (unpaired) electrons. The highest BCUT2D eigenvalue weighted by atomic mass is 16.5. The smallest absolute Gasteiger partial charge is 0.119 e. The zero-order chi connectivity index (χ0) is 21.0. The minimum atomic E-state index is 0.748. The number of benzene rings is 3. The average molecular weight is 401 g/mol. The Labute approximate surface area is 181 Å². The first-order valence-corrected chi connectivity index (χ1v) is 11.2. The van der Waals surface area contributed by atoms with E-state index in [1.165, 1.54) is 36.5 Å². The van der Waals surface area contributed by atoms with Crippen molar-refractivity contribution in [2.75, 3.05) is 13.2 Å². The Balaban J connectivity index is 1.56. The van der Waals surface area contributed by atoms with E-state index in [1.54, 1.807) is 0 Å². The fraction of sp³-hybridized carbons (Fsp3) is 0.357. The van der Waals surface area contributed by atoms with Gasteiger partial charge >= 0.3 is 0 Å². The lowest BCUT2D eigenvalue weighted by molar-refractivity contribution is 0.304. The van der Waals surface area contributed by atoms with Crippen molar-refractivity contribution in [3.8, 4) is 23.3 Å². The predicted octanol–water partition coefficient (Wildman–Crippen LogP) is 7.38. The monoisotopic (exact) mass is 400 g/mol. The quantitative estimate of drug-likeness (QED) is 0.261. The zero-order valence-electron chi connectivity index (χ0n) is 18.2. The summed E-state index contributed by atoms with van der Waals surface area (Å²) >= 11 is 0. The van der Waals surface area contributed by atoms with Gasteiger partial charge in [0.15, 0.2) is 0 Å². The van der Waals surface area contributed by atoms with Crippen LogP contribution >= 0.6 is 0 Å². The van der Waals surface area contributed by atoms with Crippen LogP contribution in [0.15, 0.2) is 60.7 Å². The van der Waals surface area contributed by atoms with Crippen LogP contribution in [0.2, 0.25) is 0 Å². The van der Waals surface area contributed by atoms with Crippen LogP contribution in [0, 0.1) is 11.8 Å². The van der Waals surface area contributed by atoms with Gasteiger partial charge in [-0.2, -0.15) is 0 Å². The molecule has 0 saturated heterocycles. The third kappa shape index (κ3) is 6.85. The Hall–Kier alpha value is -2.92. The SMILES string of the molecule is CCCCCCCOc1ccc(C#Cc2ccc3cc(OCCC)ccc3c2)cc1. The van der Waals surface area contributed by atoms with Crippen LogP contribution < -0.4 is 9.47 Å². The first-order valence-electron chi connectivity index (χ1n) is 11.2. The Morgan fingerprint density at radius 3 is 2.00 bits per heavy atom. The van der Waals surface area contributed by atoms with Crippen LogP contribution in [0.4, 0.5) is 0 Å². The first-order chi connectivity index (χ1) is 14.8. The molecule has 3 rings (SSSR count). The molecule has 0 bridgehead atoms. The highest BCUT2D eigenvalue weighted by Crippen LogP contribution is 2.22. The molecule has 0 saturated carbocycles. The van der Waals surface area contributed by atoms with Crippen LogP contribution in [-0.2, 0) is 0 Å². The maximum absolute atomic E-state index is 5.83. The molecule has 0 unspecified atom stereocenters. The first kappa shape index (κ1) is 21.8. The highest BCUT2D eigenvalue weighted by molar-refractivity contribution is 5.85. The van der Waals surface area contributed by atoms with E-state index in [1.807, 2.05) is 30.3 Å². The van der Waals surface area contributed by atoms with Gasteiger partial charge in [-0.1, -0.05) is 63.5 Å². The summed E-state index contributed by atoms with van der Waals surface area (Å²) in [6, 6.07) is 20.6. The molecule has 3 aromatic rings. The third-order valence-electron chi connectivity index (χ3n) is 5.01. The second kappa shape index (κ2) is 11.9. The molecule has 0 fully saturated rings. The number of fused-ring (bicyclic) bond motifs is 1. The summed E-state index contributed by atoms with van der Waals surface area (Å²) in [7, 11) is 0. The molecule has 2 heteroatoms. The van der Waals surface area contributed by atoms with Crippen molar-refractivity contribution < 1.29 is 9.47 Å². The van der Waals surface area contributed by atoms with E-state index in [-0.39, 0.29) is 0 Å². The zero-order valence-corrected chi connectivity index (χ0v) is 18.2. The molecule has 0 heterocycles. The Morgan fingerprint density at radius 2 is 1.20 bits per heavy atom. The van der Waals surface area contributed by atoms with E-state index < -0.39 is 0 Å². The molecule has 0 aliphatic rings.